The van der Waals surface area contributed by atoms with Crippen LogP contribution in [-0.4, -0.2) is 63.3 Å². The van der Waals surface area contributed by atoms with Crippen molar-refractivity contribution in [2.75, 3.05) is 37.7 Å². The molecule has 1 saturated heterocycles. The number of nitrogens with two attached hydrogens (primary N) is 1. The molecule has 6 rings (SSSR count). The van der Waals surface area contributed by atoms with Crippen molar-refractivity contribution in [1.82, 2.24) is 24.9 Å². The predicted molar refractivity (Wildman–Crippen MR) is 189 cm³/mol. The van der Waals surface area contributed by atoms with Crippen molar-refractivity contribution in [2.24, 2.45) is 5.73 Å². The first-order chi connectivity index (χ1) is 22.4. The van der Waals surface area contributed by atoms with Crippen LogP contribution in [0.3, 0.4) is 0 Å². The fourth-order valence-corrected chi connectivity index (χ4v) is 7.33. The molecule has 4 aromatic rings. The Bertz CT molecular complexity index is 1740. The molecular weight excluding hydrogens is 635 g/mol. The molecule has 3 heterocycles. The first-order valence-electron chi connectivity index (χ1n) is 15.7. The van der Waals surface area contributed by atoms with Gasteiger partial charge in [-0.05, 0) is 60.5 Å². The zero-order chi connectivity index (χ0) is 31.9. The van der Waals surface area contributed by atoms with E-state index in [4.69, 9.17) is 34.0 Å². The lowest BCUT2D eigenvalue weighted by atomic mass is 9.99. The molecule has 0 aliphatic carbocycles. The second kappa shape index (κ2) is 15.4. The lowest BCUT2D eigenvalue weighted by Gasteiger charge is -2.27. The van der Waals surface area contributed by atoms with Crippen molar-refractivity contribution in [3.8, 4) is 23.1 Å². The number of amides is 2. The van der Waals surface area contributed by atoms with Crippen molar-refractivity contribution in [3.05, 3.63) is 110 Å². The van der Waals surface area contributed by atoms with Gasteiger partial charge in [-0.2, -0.15) is 16.9 Å². The van der Waals surface area contributed by atoms with Crippen LogP contribution in [0.2, 0.25) is 10.0 Å². The molecule has 0 bridgehead atoms. The van der Waals surface area contributed by atoms with E-state index in [9.17, 15) is 4.79 Å². The fourth-order valence-electron chi connectivity index (χ4n) is 5.98. The minimum Gasteiger partial charge on any atom is -0.351 e. The molecular formula is C36H38Cl2N6OS. The van der Waals surface area contributed by atoms with Gasteiger partial charge in [0.05, 0.1) is 17.3 Å². The monoisotopic (exact) mass is 672 g/mol. The van der Waals surface area contributed by atoms with E-state index in [0.717, 1.165) is 90.6 Å². The van der Waals surface area contributed by atoms with Crippen molar-refractivity contribution in [1.29, 1.82) is 0 Å². The topological polar surface area (TPSA) is 79.4 Å². The highest BCUT2D eigenvalue weighted by Gasteiger charge is 2.27. The number of fused-ring (bicyclic) bond motifs is 1. The van der Waals surface area contributed by atoms with E-state index in [1.54, 1.807) is 4.90 Å². The summed E-state index contributed by atoms with van der Waals surface area (Å²) >= 11 is 14.8. The van der Waals surface area contributed by atoms with Crippen LogP contribution in [0.5, 0.6) is 0 Å². The molecule has 0 unspecified atom stereocenters. The third-order valence-electron chi connectivity index (χ3n) is 8.48. The molecule has 3 N–H and O–H groups in total. The summed E-state index contributed by atoms with van der Waals surface area (Å²) in [5.41, 5.74) is 13.7. The van der Waals surface area contributed by atoms with Gasteiger partial charge in [-0.1, -0.05) is 65.4 Å². The number of benzene rings is 3. The van der Waals surface area contributed by atoms with Crippen LogP contribution >= 0.6 is 35.0 Å². The zero-order valence-corrected chi connectivity index (χ0v) is 28.1. The fraction of sp³-hybridized carbons (Fsp3) is 0.333. The average Bonchev–Trinajstić information content (AvgIpc) is 3.43. The molecule has 2 aliphatic heterocycles. The van der Waals surface area contributed by atoms with Crippen LogP contribution in [0.25, 0.3) is 11.3 Å². The Morgan fingerprint density at radius 3 is 2.52 bits per heavy atom. The molecule has 46 heavy (non-hydrogen) atoms. The Morgan fingerprint density at radius 2 is 1.74 bits per heavy atom. The molecule has 1 aromatic heterocycles. The summed E-state index contributed by atoms with van der Waals surface area (Å²) in [5, 5.41) is 9.89. The van der Waals surface area contributed by atoms with Crippen LogP contribution in [0.1, 0.15) is 39.9 Å². The van der Waals surface area contributed by atoms with Crippen molar-refractivity contribution in [3.63, 3.8) is 0 Å². The van der Waals surface area contributed by atoms with Gasteiger partial charge in [0, 0.05) is 90.2 Å². The van der Waals surface area contributed by atoms with Crippen molar-refractivity contribution < 1.29 is 4.79 Å². The number of carbonyl (C=O) groups excluding carboxylic acids is 1. The van der Waals surface area contributed by atoms with Gasteiger partial charge in [0.1, 0.15) is 0 Å². The Labute approximate surface area is 285 Å². The highest BCUT2D eigenvalue weighted by atomic mass is 35.5. The Balaban J connectivity index is 1.16. The zero-order valence-electron chi connectivity index (χ0n) is 25.8. The van der Waals surface area contributed by atoms with Crippen LogP contribution in [0, 0.1) is 11.8 Å². The maximum Gasteiger partial charge on any atom is 0.315 e. The summed E-state index contributed by atoms with van der Waals surface area (Å²) in [5.74, 6) is 8.97. The second-order valence-electron chi connectivity index (χ2n) is 11.7. The lowest BCUT2D eigenvalue weighted by molar-refractivity contribution is 0.201. The normalized spacial score (nSPS) is 14.9. The van der Waals surface area contributed by atoms with E-state index in [2.05, 4.69) is 44.9 Å². The molecule has 1 fully saturated rings. The number of aromatic nitrogens is 2. The summed E-state index contributed by atoms with van der Waals surface area (Å²) in [6, 6.07) is 21.6. The van der Waals surface area contributed by atoms with Gasteiger partial charge in [-0.3, -0.25) is 4.68 Å². The molecule has 238 valence electrons. The standard InChI is InChI=1S/C36H38Cl2N6OS/c37-31-4-1-3-28(21-31)24-40-23-27-7-5-26(6-8-27)9-10-29-22-30(11-12-33(29)38)35-32-25-43(36(39)45)16-13-34(32)44(41-35)15-2-14-42-17-19-46-20-18-42/h1,3-8,11-12,21-22,40H,2,13-20,23-25H2,(H2,39,45). The van der Waals surface area contributed by atoms with Gasteiger partial charge in [0.15, 0.2) is 0 Å². The molecule has 3 aromatic carbocycles. The van der Waals surface area contributed by atoms with Gasteiger partial charge in [0.2, 0.25) is 0 Å². The maximum atomic E-state index is 12.1. The Kier molecular flexibility index (Phi) is 10.9. The number of halogens is 2. The van der Waals surface area contributed by atoms with Gasteiger partial charge in [-0.25, -0.2) is 4.79 Å². The number of primary amides is 1. The van der Waals surface area contributed by atoms with Crippen LogP contribution in [0.4, 0.5) is 4.79 Å². The number of aryl methyl sites for hydroxylation is 1. The number of nitrogens with zero attached hydrogens (tertiary/aromatic N) is 4. The third-order valence-corrected chi connectivity index (χ3v) is 9.98. The molecule has 7 nitrogen and oxygen atoms in total. The third kappa shape index (κ3) is 8.28. The van der Waals surface area contributed by atoms with E-state index in [1.807, 2.05) is 60.3 Å². The largest absolute Gasteiger partial charge is 0.351 e. The van der Waals surface area contributed by atoms with Gasteiger partial charge < -0.3 is 20.9 Å². The molecule has 0 spiro atoms. The smallest absolute Gasteiger partial charge is 0.315 e. The van der Waals surface area contributed by atoms with Crippen LogP contribution in [-0.2, 0) is 32.6 Å². The number of hydrogen-bond acceptors (Lipinski definition) is 5. The number of urea groups is 1. The van der Waals surface area contributed by atoms with Gasteiger partial charge >= 0.3 is 6.03 Å². The minimum absolute atomic E-state index is 0.405. The van der Waals surface area contributed by atoms with Crippen molar-refractivity contribution >= 4 is 41.0 Å². The van der Waals surface area contributed by atoms with Gasteiger partial charge in [-0.15, -0.1) is 0 Å². The van der Waals surface area contributed by atoms with Crippen molar-refractivity contribution in [2.45, 2.75) is 39.0 Å². The quantitative estimate of drug-likeness (QED) is 0.201. The predicted octanol–water partition coefficient (Wildman–Crippen LogP) is 6.42. The summed E-state index contributed by atoms with van der Waals surface area (Å²) in [6.45, 7) is 6.77. The highest BCUT2D eigenvalue weighted by Crippen LogP contribution is 2.32. The molecule has 2 amide bonds. The molecule has 10 heteroatoms. The molecule has 0 radical (unpaired) electrons. The van der Waals surface area contributed by atoms with Crippen LogP contribution in [0.15, 0.2) is 66.7 Å². The number of rotatable bonds is 9. The van der Waals surface area contributed by atoms with E-state index >= 15 is 0 Å². The summed E-state index contributed by atoms with van der Waals surface area (Å²) in [4.78, 5) is 16.3. The number of thioether (sulfide) groups is 1. The number of carbonyl (C=O) groups is 1. The second-order valence-corrected chi connectivity index (χ2v) is 13.8. The Hall–Kier alpha value is -3.45. The maximum absolute atomic E-state index is 12.1. The van der Waals surface area contributed by atoms with E-state index in [-0.39, 0.29) is 0 Å². The minimum atomic E-state index is -0.405. The number of nitrogens with one attached hydrogen (secondary N) is 1. The average molecular weight is 674 g/mol. The number of hydrogen-bond donors (Lipinski definition) is 2. The summed E-state index contributed by atoms with van der Waals surface area (Å²) in [7, 11) is 0. The summed E-state index contributed by atoms with van der Waals surface area (Å²) in [6.07, 6.45) is 1.77. The first kappa shape index (κ1) is 32.5. The molecule has 0 saturated carbocycles. The Morgan fingerprint density at radius 1 is 0.935 bits per heavy atom. The molecule has 2 aliphatic rings. The molecule has 0 atom stereocenters. The SMILES string of the molecule is NC(=O)N1CCc2c(c(-c3ccc(Cl)c(C#Cc4ccc(CNCc5cccc(Cl)c5)cc4)c3)nn2CCCN2CCSCC2)C1. The highest BCUT2D eigenvalue weighted by molar-refractivity contribution is 7.99. The van der Waals surface area contributed by atoms with E-state index in [1.165, 1.54) is 22.8 Å². The van der Waals surface area contributed by atoms with Gasteiger partial charge in [0.25, 0.3) is 0 Å². The van der Waals surface area contributed by atoms with E-state index < -0.39 is 6.03 Å². The van der Waals surface area contributed by atoms with E-state index in [0.29, 0.717) is 18.1 Å². The summed E-state index contributed by atoms with van der Waals surface area (Å²) < 4.78 is 2.15. The lowest BCUT2D eigenvalue weighted by Crippen LogP contribution is -2.39. The van der Waals surface area contributed by atoms with Crippen LogP contribution < -0.4 is 11.1 Å². The first-order valence-corrected chi connectivity index (χ1v) is 17.6.